The number of hydrogen-bond donors (Lipinski definition) is 1. The summed E-state index contributed by atoms with van der Waals surface area (Å²) in [6.45, 7) is 2.86. The molecule has 2 aromatic rings. The first-order valence-electron chi connectivity index (χ1n) is 5.51. The molecule has 2 rings (SSSR count). The van der Waals surface area contributed by atoms with Crippen LogP contribution in [0.4, 0.5) is 5.69 Å². The second-order valence-electron chi connectivity index (χ2n) is 4.05. The molecule has 1 nitrogen and oxygen atoms in total. The van der Waals surface area contributed by atoms with E-state index in [0.29, 0.717) is 0 Å². The van der Waals surface area contributed by atoms with Gasteiger partial charge in [-0.25, -0.2) is 0 Å². The van der Waals surface area contributed by atoms with E-state index in [1.807, 2.05) is 12.1 Å². The fourth-order valence-corrected chi connectivity index (χ4v) is 3.81. The Balaban J connectivity index is 2.19. The number of nitrogens with one attached hydrogen (secondary N) is 1. The van der Waals surface area contributed by atoms with Crippen molar-refractivity contribution in [3.8, 4) is 0 Å². The van der Waals surface area contributed by atoms with Gasteiger partial charge in [-0.1, -0.05) is 34.1 Å². The Morgan fingerprint density at radius 1 is 0.944 bits per heavy atom. The Morgan fingerprint density at radius 3 is 2.17 bits per heavy atom. The van der Waals surface area contributed by atoms with E-state index >= 15 is 0 Å². The van der Waals surface area contributed by atoms with Crippen LogP contribution in [0.25, 0.3) is 0 Å². The van der Waals surface area contributed by atoms with Gasteiger partial charge in [-0.3, -0.25) is 0 Å². The molecule has 0 amide bonds. The van der Waals surface area contributed by atoms with Crippen LogP contribution in [0.5, 0.6) is 0 Å². The van der Waals surface area contributed by atoms with Gasteiger partial charge in [-0.15, -0.1) is 0 Å². The highest BCUT2D eigenvalue weighted by molar-refractivity contribution is 9.11. The quantitative estimate of drug-likeness (QED) is 0.635. The first-order chi connectivity index (χ1) is 8.58. The van der Waals surface area contributed by atoms with E-state index in [9.17, 15) is 0 Å². The van der Waals surface area contributed by atoms with Crippen LogP contribution in [0.2, 0.25) is 0 Å². The number of hydrogen-bond acceptors (Lipinski definition) is 1. The van der Waals surface area contributed by atoms with E-state index in [1.165, 1.54) is 11.1 Å². The predicted molar refractivity (Wildman–Crippen MR) is 88.0 cm³/mol. The largest absolute Gasteiger partial charge is 0.379 e. The van der Waals surface area contributed by atoms with Crippen LogP contribution in [0.1, 0.15) is 11.1 Å². The number of benzene rings is 2. The van der Waals surface area contributed by atoms with Crippen molar-refractivity contribution in [3.63, 3.8) is 0 Å². The van der Waals surface area contributed by atoms with Crippen LogP contribution in [0, 0.1) is 6.92 Å². The fraction of sp³-hybridized carbons (Fsp3) is 0.143. The summed E-state index contributed by atoms with van der Waals surface area (Å²) in [4.78, 5) is 0. The van der Waals surface area contributed by atoms with Crippen molar-refractivity contribution in [1.29, 1.82) is 0 Å². The van der Waals surface area contributed by atoms with Gasteiger partial charge in [0.1, 0.15) is 0 Å². The SMILES string of the molecule is Cc1cc(Br)c(NCc2ccccc2Br)c(Br)c1. The van der Waals surface area contributed by atoms with Crippen molar-refractivity contribution in [2.45, 2.75) is 13.5 Å². The highest BCUT2D eigenvalue weighted by Gasteiger charge is 2.06. The molecule has 0 saturated carbocycles. The van der Waals surface area contributed by atoms with Crippen LogP contribution >= 0.6 is 47.8 Å². The maximum Gasteiger partial charge on any atom is 0.0631 e. The van der Waals surface area contributed by atoms with Crippen molar-refractivity contribution in [1.82, 2.24) is 0 Å². The van der Waals surface area contributed by atoms with Gasteiger partial charge in [0.05, 0.1) is 5.69 Å². The van der Waals surface area contributed by atoms with E-state index in [4.69, 9.17) is 0 Å². The number of halogens is 3. The average Bonchev–Trinajstić information content (AvgIpc) is 2.30. The van der Waals surface area contributed by atoms with Crippen LogP contribution in [0.3, 0.4) is 0 Å². The van der Waals surface area contributed by atoms with Gasteiger partial charge >= 0.3 is 0 Å². The maximum absolute atomic E-state index is 3.59. The third-order valence-corrected chi connectivity index (χ3v) is 4.62. The molecule has 94 valence electrons. The molecule has 0 heterocycles. The number of anilines is 1. The molecule has 1 N–H and O–H groups in total. The lowest BCUT2D eigenvalue weighted by Gasteiger charge is -2.12. The maximum atomic E-state index is 3.59. The summed E-state index contributed by atoms with van der Waals surface area (Å²) in [5, 5.41) is 3.44. The minimum atomic E-state index is 0.779. The van der Waals surface area contributed by atoms with E-state index < -0.39 is 0 Å². The third kappa shape index (κ3) is 3.37. The zero-order chi connectivity index (χ0) is 13.1. The Bertz CT molecular complexity index is 544. The molecule has 4 heteroatoms. The van der Waals surface area contributed by atoms with Crippen molar-refractivity contribution in [2.75, 3.05) is 5.32 Å². The van der Waals surface area contributed by atoms with E-state index in [1.54, 1.807) is 0 Å². The second kappa shape index (κ2) is 6.22. The van der Waals surface area contributed by atoms with Gasteiger partial charge in [0.15, 0.2) is 0 Å². The van der Waals surface area contributed by atoms with Gasteiger partial charge in [0, 0.05) is 20.0 Å². The molecule has 0 saturated heterocycles. The van der Waals surface area contributed by atoms with Crippen molar-refractivity contribution in [2.24, 2.45) is 0 Å². The Kier molecular flexibility index (Phi) is 4.87. The third-order valence-electron chi connectivity index (χ3n) is 2.60. The molecule has 0 bridgehead atoms. The van der Waals surface area contributed by atoms with Gasteiger partial charge in [0.2, 0.25) is 0 Å². The van der Waals surface area contributed by atoms with Gasteiger partial charge in [0.25, 0.3) is 0 Å². The molecule has 0 aliphatic heterocycles. The predicted octanol–water partition coefficient (Wildman–Crippen LogP) is 5.89. The molecule has 18 heavy (non-hydrogen) atoms. The summed E-state index contributed by atoms with van der Waals surface area (Å²) in [5.41, 5.74) is 3.54. The summed E-state index contributed by atoms with van der Waals surface area (Å²) in [7, 11) is 0. The van der Waals surface area contributed by atoms with E-state index in [2.05, 4.69) is 84.3 Å². The first-order valence-corrected chi connectivity index (χ1v) is 7.89. The van der Waals surface area contributed by atoms with Crippen LogP contribution in [0.15, 0.2) is 49.8 Å². The average molecular weight is 434 g/mol. The Labute approximate surface area is 132 Å². The van der Waals surface area contributed by atoms with Crippen LogP contribution < -0.4 is 5.32 Å². The lowest BCUT2D eigenvalue weighted by Crippen LogP contribution is -2.01. The lowest BCUT2D eigenvalue weighted by molar-refractivity contribution is 1.13. The molecule has 2 aromatic carbocycles. The normalized spacial score (nSPS) is 10.4. The molecule has 0 radical (unpaired) electrons. The minimum absolute atomic E-state index is 0.779. The topological polar surface area (TPSA) is 12.0 Å². The lowest BCUT2D eigenvalue weighted by atomic mass is 10.2. The number of aryl methyl sites for hydroxylation is 1. The van der Waals surface area contributed by atoms with E-state index in [0.717, 1.165) is 25.7 Å². The Hall–Kier alpha value is -0.320. The van der Waals surface area contributed by atoms with Gasteiger partial charge < -0.3 is 5.32 Å². The van der Waals surface area contributed by atoms with Crippen molar-refractivity contribution in [3.05, 3.63) is 60.9 Å². The minimum Gasteiger partial charge on any atom is -0.379 e. The zero-order valence-electron chi connectivity index (χ0n) is 9.81. The molecule has 0 unspecified atom stereocenters. The van der Waals surface area contributed by atoms with Crippen LogP contribution in [-0.4, -0.2) is 0 Å². The fourth-order valence-electron chi connectivity index (χ4n) is 1.69. The molecule has 0 atom stereocenters. The summed E-state index contributed by atoms with van der Waals surface area (Å²) < 4.78 is 3.26. The highest BCUT2D eigenvalue weighted by atomic mass is 79.9. The van der Waals surface area contributed by atoms with Crippen molar-refractivity contribution >= 4 is 53.5 Å². The summed E-state index contributed by atoms with van der Waals surface area (Å²) in [6.07, 6.45) is 0. The van der Waals surface area contributed by atoms with Crippen LogP contribution in [-0.2, 0) is 6.54 Å². The molecular formula is C14H12Br3N. The summed E-state index contributed by atoms with van der Waals surface area (Å²) in [5.74, 6) is 0. The number of rotatable bonds is 3. The second-order valence-corrected chi connectivity index (χ2v) is 6.61. The molecule has 0 spiro atoms. The molecule has 0 fully saturated rings. The smallest absolute Gasteiger partial charge is 0.0631 e. The molecular weight excluding hydrogens is 422 g/mol. The first kappa shape index (κ1) is 14.1. The van der Waals surface area contributed by atoms with E-state index in [-0.39, 0.29) is 0 Å². The summed E-state index contributed by atoms with van der Waals surface area (Å²) >= 11 is 10.7. The monoisotopic (exact) mass is 431 g/mol. The molecule has 0 aliphatic carbocycles. The zero-order valence-corrected chi connectivity index (χ0v) is 14.6. The standard InChI is InChI=1S/C14H12Br3N/c1-9-6-12(16)14(13(17)7-9)18-8-10-4-2-3-5-11(10)15/h2-7,18H,8H2,1H3. The summed E-state index contributed by atoms with van der Waals surface area (Å²) in [6, 6.07) is 12.4. The molecule has 0 aromatic heterocycles. The van der Waals surface area contributed by atoms with Gasteiger partial charge in [-0.2, -0.15) is 0 Å². The molecule has 0 aliphatic rings. The van der Waals surface area contributed by atoms with Crippen molar-refractivity contribution < 1.29 is 0 Å². The Morgan fingerprint density at radius 2 is 1.56 bits per heavy atom. The highest BCUT2D eigenvalue weighted by Crippen LogP contribution is 2.33. The van der Waals surface area contributed by atoms with Gasteiger partial charge in [-0.05, 0) is 68.1 Å².